The van der Waals surface area contributed by atoms with Gasteiger partial charge in [-0.25, -0.2) is 8.78 Å². The Hall–Kier alpha value is -0.680. The van der Waals surface area contributed by atoms with Gasteiger partial charge >= 0.3 is 0 Å². The van der Waals surface area contributed by atoms with Gasteiger partial charge in [0.05, 0.1) is 0 Å². The van der Waals surface area contributed by atoms with Crippen LogP contribution in [0.15, 0.2) is 22.7 Å². The minimum absolute atomic E-state index is 0.0435. The maximum absolute atomic E-state index is 12.4. The number of halogens is 3. The number of benzene rings is 1. The second-order valence-electron chi connectivity index (χ2n) is 3.87. The minimum Gasteiger partial charge on any atom is -0.380 e. The molecule has 0 aromatic heterocycles. The van der Waals surface area contributed by atoms with E-state index in [2.05, 4.69) is 26.6 Å². The Labute approximate surface area is 102 Å². The molecular weight excluding hydrogens is 278 g/mol. The van der Waals surface area contributed by atoms with E-state index in [1.165, 1.54) is 12.1 Å². The summed E-state index contributed by atoms with van der Waals surface area (Å²) in [6.45, 7) is 1.92. The molecule has 0 bridgehead atoms. The first-order valence-corrected chi connectivity index (χ1v) is 6.01. The topological polar surface area (TPSA) is 24.1 Å². The summed E-state index contributed by atoms with van der Waals surface area (Å²) in [5, 5.41) is 6.56. The first-order valence-electron chi connectivity index (χ1n) is 5.21. The van der Waals surface area contributed by atoms with E-state index in [1.807, 2.05) is 0 Å². The molecule has 0 saturated carbocycles. The lowest BCUT2D eigenvalue weighted by Gasteiger charge is -2.15. The van der Waals surface area contributed by atoms with Crippen LogP contribution in [-0.4, -0.2) is 19.1 Å². The second-order valence-corrected chi connectivity index (χ2v) is 4.73. The van der Waals surface area contributed by atoms with E-state index < -0.39 is 6.43 Å². The van der Waals surface area contributed by atoms with Crippen LogP contribution in [0.2, 0.25) is 0 Å². The SMILES string of the molecule is FC(F)c1ccc(NC2CCNC2)c(Br)c1. The van der Waals surface area contributed by atoms with Gasteiger partial charge in [0, 0.05) is 28.3 Å². The molecule has 1 aliphatic heterocycles. The zero-order valence-corrected chi connectivity index (χ0v) is 10.2. The van der Waals surface area contributed by atoms with Crippen molar-refractivity contribution < 1.29 is 8.78 Å². The van der Waals surface area contributed by atoms with Gasteiger partial charge in [0.1, 0.15) is 0 Å². The largest absolute Gasteiger partial charge is 0.380 e. The maximum Gasteiger partial charge on any atom is 0.263 e. The molecule has 2 nitrogen and oxygen atoms in total. The van der Waals surface area contributed by atoms with Crippen molar-refractivity contribution in [2.24, 2.45) is 0 Å². The summed E-state index contributed by atoms with van der Waals surface area (Å²) in [5.74, 6) is 0. The van der Waals surface area contributed by atoms with E-state index in [9.17, 15) is 8.78 Å². The van der Waals surface area contributed by atoms with E-state index in [0.717, 1.165) is 25.2 Å². The third-order valence-electron chi connectivity index (χ3n) is 2.67. The van der Waals surface area contributed by atoms with Gasteiger partial charge < -0.3 is 10.6 Å². The first-order chi connectivity index (χ1) is 7.66. The molecular formula is C11H13BrF2N2. The number of nitrogens with one attached hydrogen (secondary N) is 2. The number of hydrogen-bond donors (Lipinski definition) is 2. The molecule has 1 saturated heterocycles. The van der Waals surface area contributed by atoms with Crippen LogP contribution in [0.25, 0.3) is 0 Å². The Bertz CT molecular complexity index is 365. The molecule has 0 spiro atoms. The summed E-state index contributed by atoms with van der Waals surface area (Å²) < 4.78 is 25.6. The fourth-order valence-electron chi connectivity index (χ4n) is 1.78. The summed E-state index contributed by atoms with van der Waals surface area (Å²) in [7, 11) is 0. The normalized spacial score (nSPS) is 20.4. The lowest BCUT2D eigenvalue weighted by atomic mass is 10.2. The van der Waals surface area contributed by atoms with Crippen LogP contribution in [0.4, 0.5) is 14.5 Å². The molecule has 1 heterocycles. The molecule has 2 N–H and O–H groups in total. The maximum atomic E-state index is 12.4. The predicted octanol–water partition coefficient (Wildman–Crippen LogP) is 3.16. The molecule has 1 aromatic carbocycles. The number of alkyl halides is 2. The van der Waals surface area contributed by atoms with E-state index in [1.54, 1.807) is 6.07 Å². The number of anilines is 1. The minimum atomic E-state index is -2.42. The van der Waals surface area contributed by atoms with Gasteiger partial charge in [0.2, 0.25) is 0 Å². The smallest absolute Gasteiger partial charge is 0.263 e. The third-order valence-corrected chi connectivity index (χ3v) is 3.32. The van der Waals surface area contributed by atoms with Gasteiger partial charge in [-0.1, -0.05) is 6.07 Å². The predicted molar refractivity (Wildman–Crippen MR) is 64.0 cm³/mol. The highest BCUT2D eigenvalue weighted by atomic mass is 79.9. The highest BCUT2D eigenvalue weighted by molar-refractivity contribution is 9.10. The number of rotatable bonds is 3. The van der Waals surface area contributed by atoms with Crippen LogP contribution < -0.4 is 10.6 Å². The Morgan fingerprint density at radius 1 is 1.44 bits per heavy atom. The summed E-state index contributed by atoms with van der Waals surface area (Å²) in [4.78, 5) is 0. The molecule has 5 heteroatoms. The summed E-state index contributed by atoms with van der Waals surface area (Å²) >= 11 is 3.31. The van der Waals surface area contributed by atoms with Crippen LogP contribution in [0, 0.1) is 0 Å². The first kappa shape index (κ1) is 11.8. The van der Waals surface area contributed by atoms with Crippen molar-refractivity contribution in [3.8, 4) is 0 Å². The quantitative estimate of drug-likeness (QED) is 0.894. The standard InChI is InChI=1S/C11H13BrF2N2/c12-9-5-7(11(13)14)1-2-10(9)16-8-3-4-15-6-8/h1-2,5,8,11,15-16H,3-4,6H2. The lowest BCUT2D eigenvalue weighted by molar-refractivity contribution is 0.151. The number of hydrogen-bond acceptors (Lipinski definition) is 2. The van der Waals surface area contributed by atoms with E-state index in [4.69, 9.17) is 0 Å². The van der Waals surface area contributed by atoms with Crippen molar-refractivity contribution in [3.63, 3.8) is 0 Å². The van der Waals surface area contributed by atoms with Crippen LogP contribution in [0.3, 0.4) is 0 Å². The van der Waals surface area contributed by atoms with Crippen LogP contribution in [0.1, 0.15) is 18.4 Å². The van der Waals surface area contributed by atoms with Gasteiger partial charge in [-0.15, -0.1) is 0 Å². The lowest BCUT2D eigenvalue weighted by Crippen LogP contribution is -2.22. The fourth-order valence-corrected chi connectivity index (χ4v) is 2.29. The zero-order chi connectivity index (χ0) is 11.5. The van der Waals surface area contributed by atoms with E-state index >= 15 is 0 Å². The molecule has 0 amide bonds. The summed E-state index contributed by atoms with van der Waals surface area (Å²) in [6.07, 6.45) is -1.36. The molecule has 1 fully saturated rings. The van der Waals surface area contributed by atoms with Gasteiger partial charge in [-0.2, -0.15) is 0 Å². The van der Waals surface area contributed by atoms with Gasteiger partial charge in [0.15, 0.2) is 0 Å². The van der Waals surface area contributed by atoms with E-state index in [0.29, 0.717) is 10.5 Å². The Morgan fingerprint density at radius 3 is 2.81 bits per heavy atom. The summed E-state index contributed by atoms with van der Waals surface area (Å²) in [5.41, 5.74) is 0.917. The highest BCUT2D eigenvalue weighted by Crippen LogP contribution is 2.29. The molecule has 1 aromatic rings. The van der Waals surface area contributed by atoms with Crippen LogP contribution >= 0.6 is 15.9 Å². The van der Waals surface area contributed by atoms with Crippen LogP contribution in [-0.2, 0) is 0 Å². The summed E-state index contributed by atoms with van der Waals surface area (Å²) in [6, 6.07) is 5.01. The molecule has 1 unspecified atom stereocenters. The van der Waals surface area contributed by atoms with Gasteiger partial charge in [0.25, 0.3) is 6.43 Å². The Kier molecular flexibility index (Phi) is 3.76. The second kappa shape index (κ2) is 5.10. The average molecular weight is 291 g/mol. The van der Waals surface area contributed by atoms with Crippen molar-refractivity contribution in [3.05, 3.63) is 28.2 Å². The monoisotopic (exact) mass is 290 g/mol. The molecule has 16 heavy (non-hydrogen) atoms. The van der Waals surface area contributed by atoms with E-state index in [-0.39, 0.29) is 5.56 Å². The zero-order valence-electron chi connectivity index (χ0n) is 8.64. The Morgan fingerprint density at radius 2 is 2.25 bits per heavy atom. The molecule has 88 valence electrons. The van der Waals surface area contributed by atoms with Crippen molar-refractivity contribution in [2.75, 3.05) is 18.4 Å². The van der Waals surface area contributed by atoms with Crippen molar-refractivity contribution in [2.45, 2.75) is 18.9 Å². The average Bonchev–Trinajstić information content (AvgIpc) is 2.73. The molecule has 1 aliphatic rings. The van der Waals surface area contributed by atoms with Gasteiger partial charge in [-0.05, 0) is 41.0 Å². The molecule has 2 rings (SSSR count). The Balaban J connectivity index is 2.09. The van der Waals surface area contributed by atoms with Gasteiger partial charge in [-0.3, -0.25) is 0 Å². The van der Waals surface area contributed by atoms with Crippen molar-refractivity contribution >= 4 is 21.6 Å². The molecule has 0 radical (unpaired) electrons. The molecule has 0 aliphatic carbocycles. The fraction of sp³-hybridized carbons (Fsp3) is 0.455. The highest BCUT2D eigenvalue weighted by Gasteiger charge is 2.16. The van der Waals surface area contributed by atoms with Crippen molar-refractivity contribution in [1.82, 2.24) is 5.32 Å². The third kappa shape index (κ3) is 2.71. The molecule has 1 atom stereocenters. The van der Waals surface area contributed by atoms with Crippen molar-refractivity contribution in [1.29, 1.82) is 0 Å². The van der Waals surface area contributed by atoms with Crippen LogP contribution in [0.5, 0.6) is 0 Å².